The Morgan fingerprint density at radius 2 is 2.24 bits per heavy atom. The molecule has 0 saturated carbocycles. The van der Waals surface area contributed by atoms with Crippen molar-refractivity contribution in [1.29, 1.82) is 0 Å². The average molecular weight is 291 g/mol. The van der Waals surface area contributed by atoms with Crippen LogP contribution in [0.2, 0.25) is 0 Å². The molecule has 0 aliphatic heterocycles. The zero-order valence-corrected chi connectivity index (χ0v) is 13.1. The Balaban J connectivity index is 2.09. The van der Waals surface area contributed by atoms with Gasteiger partial charge in [-0.25, -0.2) is 4.79 Å². The standard InChI is InChI=1S/C17H25NO3/c1-4-6-16(17(19)20-5-2)21-13-8-9-14-12(11-13)7-10-15(14)18-3/h8-9,11,15-16,18H,4-7,10H2,1-3H3. The van der Waals surface area contributed by atoms with Gasteiger partial charge in [-0.2, -0.15) is 0 Å². The summed E-state index contributed by atoms with van der Waals surface area (Å²) in [5, 5.41) is 3.32. The maximum Gasteiger partial charge on any atom is 0.347 e. The Hall–Kier alpha value is -1.55. The number of hydrogen-bond acceptors (Lipinski definition) is 4. The van der Waals surface area contributed by atoms with E-state index in [-0.39, 0.29) is 5.97 Å². The first-order valence-corrected chi connectivity index (χ1v) is 7.83. The Labute approximate surface area is 126 Å². The van der Waals surface area contributed by atoms with Crippen LogP contribution >= 0.6 is 0 Å². The Morgan fingerprint density at radius 1 is 1.43 bits per heavy atom. The van der Waals surface area contributed by atoms with Crippen molar-refractivity contribution in [2.24, 2.45) is 0 Å². The van der Waals surface area contributed by atoms with Crippen LogP contribution in [0.15, 0.2) is 18.2 Å². The molecule has 2 unspecified atom stereocenters. The number of esters is 1. The van der Waals surface area contributed by atoms with E-state index in [1.165, 1.54) is 11.1 Å². The van der Waals surface area contributed by atoms with Crippen molar-refractivity contribution in [2.75, 3.05) is 13.7 Å². The minimum atomic E-state index is -0.505. The molecule has 1 aliphatic rings. The second kappa shape index (κ2) is 7.46. The molecule has 116 valence electrons. The van der Waals surface area contributed by atoms with E-state index in [1.807, 2.05) is 27.0 Å². The molecule has 2 atom stereocenters. The molecule has 0 bridgehead atoms. The average Bonchev–Trinajstić information content (AvgIpc) is 2.89. The summed E-state index contributed by atoms with van der Waals surface area (Å²) in [6.07, 6.45) is 3.22. The van der Waals surface area contributed by atoms with Crippen molar-refractivity contribution in [3.63, 3.8) is 0 Å². The molecule has 0 spiro atoms. The van der Waals surface area contributed by atoms with Gasteiger partial charge < -0.3 is 14.8 Å². The summed E-state index contributed by atoms with van der Waals surface area (Å²) in [5.41, 5.74) is 2.65. The number of rotatable bonds is 7. The predicted octanol–water partition coefficient (Wildman–Crippen LogP) is 3.00. The van der Waals surface area contributed by atoms with E-state index in [4.69, 9.17) is 9.47 Å². The molecule has 21 heavy (non-hydrogen) atoms. The van der Waals surface area contributed by atoms with Crippen LogP contribution in [0.4, 0.5) is 0 Å². The highest BCUT2D eigenvalue weighted by Gasteiger charge is 2.24. The van der Waals surface area contributed by atoms with Gasteiger partial charge in [-0.3, -0.25) is 0 Å². The van der Waals surface area contributed by atoms with Crippen molar-refractivity contribution >= 4 is 5.97 Å². The first kappa shape index (κ1) is 15.8. The van der Waals surface area contributed by atoms with E-state index < -0.39 is 6.10 Å². The summed E-state index contributed by atoms with van der Waals surface area (Å²) < 4.78 is 11.0. The van der Waals surface area contributed by atoms with Crippen LogP contribution in [0, 0.1) is 0 Å². The molecular formula is C17H25NO3. The number of carbonyl (C=O) groups is 1. The molecule has 1 aromatic rings. The van der Waals surface area contributed by atoms with Crippen LogP contribution in [-0.4, -0.2) is 25.7 Å². The molecule has 4 heteroatoms. The second-order valence-electron chi connectivity index (χ2n) is 5.39. The summed E-state index contributed by atoms with van der Waals surface area (Å²) >= 11 is 0. The maximum absolute atomic E-state index is 11.9. The second-order valence-corrected chi connectivity index (χ2v) is 5.39. The SMILES string of the molecule is CCCC(Oc1ccc2c(c1)CCC2NC)C(=O)OCC. The first-order valence-electron chi connectivity index (χ1n) is 7.83. The van der Waals surface area contributed by atoms with Crippen LogP contribution in [0.25, 0.3) is 0 Å². The highest BCUT2D eigenvalue weighted by Crippen LogP contribution is 2.33. The number of ether oxygens (including phenoxy) is 2. The number of nitrogens with one attached hydrogen (secondary N) is 1. The van der Waals surface area contributed by atoms with Gasteiger partial charge in [0.15, 0.2) is 6.10 Å². The smallest absolute Gasteiger partial charge is 0.347 e. The molecule has 1 aromatic carbocycles. The third kappa shape index (κ3) is 3.76. The fraction of sp³-hybridized carbons (Fsp3) is 0.588. The van der Waals surface area contributed by atoms with E-state index in [0.717, 1.165) is 25.0 Å². The van der Waals surface area contributed by atoms with Gasteiger partial charge in [-0.15, -0.1) is 0 Å². The van der Waals surface area contributed by atoms with Crippen molar-refractivity contribution in [1.82, 2.24) is 5.32 Å². The zero-order chi connectivity index (χ0) is 15.2. The topological polar surface area (TPSA) is 47.6 Å². The molecule has 0 saturated heterocycles. The summed E-state index contributed by atoms with van der Waals surface area (Å²) in [5.74, 6) is 0.491. The molecular weight excluding hydrogens is 266 g/mol. The quantitative estimate of drug-likeness (QED) is 0.785. The third-order valence-electron chi connectivity index (χ3n) is 3.92. The van der Waals surface area contributed by atoms with Gasteiger partial charge in [0, 0.05) is 6.04 Å². The lowest BCUT2D eigenvalue weighted by atomic mass is 10.1. The summed E-state index contributed by atoms with van der Waals surface area (Å²) in [4.78, 5) is 11.9. The number of fused-ring (bicyclic) bond motifs is 1. The van der Waals surface area contributed by atoms with Gasteiger partial charge in [0.2, 0.25) is 0 Å². The van der Waals surface area contributed by atoms with Crippen molar-refractivity contribution in [2.45, 2.75) is 51.7 Å². The minimum absolute atomic E-state index is 0.270. The fourth-order valence-corrected chi connectivity index (χ4v) is 2.85. The van der Waals surface area contributed by atoms with Gasteiger partial charge in [0.05, 0.1) is 6.61 Å². The van der Waals surface area contributed by atoms with Crippen LogP contribution in [-0.2, 0) is 16.0 Å². The van der Waals surface area contributed by atoms with E-state index in [2.05, 4.69) is 17.4 Å². The molecule has 0 heterocycles. The molecule has 1 N–H and O–H groups in total. The van der Waals surface area contributed by atoms with Gasteiger partial charge in [-0.05, 0) is 56.5 Å². The summed E-state index contributed by atoms with van der Waals surface area (Å²) in [6.45, 7) is 4.24. The molecule has 1 aliphatic carbocycles. The highest BCUT2D eigenvalue weighted by atomic mass is 16.6. The Bertz CT molecular complexity index is 487. The van der Waals surface area contributed by atoms with Crippen LogP contribution < -0.4 is 10.1 Å². The molecule has 0 amide bonds. The lowest BCUT2D eigenvalue weighted by Crippen LogP contribution is -2.29. The fourth-order valence-electron chi connectivity index (χ4n) is 2.85. The predicted molar refractivity (Wildman–Crippen MR) is 82.5 cm³/mol. The normalized spacial score (nSPS) is 18.1. The Kier molecular flexibility index (Phi) is 5.62. The highest BCUT2D eigenvalue weighted by molar-refractivity contribution is 5.75. The van der Waals surface area contributed by atoms with Crippen LogP contribution in [0.1, 0.15) is 50.3 Å². The van der Waals surface area contributed by atoms with Crippen molar-refractivity contribution < 1.29 is 14.3 Å². The number of hydrogen-bond donors (Lipinski definition) is 1. The van der Waals surface area contributed by atoms with Gasteiger partial charge >= 0.3 is 5.97 Å². The van der Waals surface area contributed by atoms with Crippen LogP contribution in [0.5, 0.6) is 5.75 Å². The lowest BCUT2D eigenvalue weighted by Gasteiger charge is -2.18. The molecule has 0 radical (unpaired) electrons. The van der Waals surface area contributed by atoms with Gasteiger partial charge in [0.1, 0.15) is 5.75 Å². The van der Waals surface area contributed by atoms with Crippen LogP contribution in [0.3, 0.4) is 0 Å². The number of aryl methyl sites for hydroxylation is 1. The van der Waals surface area contributed by atoms with Crippen molar-refractivity contribution in [3.05, 3.63) is 29.3 Å². The number of benzene rings is 1. The summed E-state index contributed by atoms with van der Waals surface area (Å²) in [6, 6.07) is 6.56. The van der Waals surface area contributed by atoms with Gasteiger partial charge in [-0.1, -0.05) is 19.4 Å². The monoisotopic (exact) mass is 291 g/mol. The lowest BCUT2D eigenvalue weighted by molar-refractivity contribution is -0.151. The van der Waals surface area contributed by atoms with E-state index in [0.29, 0.717) is 19.1 Å². The van der Waals surface area contributed by atoms with Crippen molar-refractivity contribution in [3.8, 4) is 5.75 Å². The van der Waals surface area contributed by atoms with E-state index in [1.54, 1.807) is 0 Å². The largest absolute Gasteiger partial charge is 0.479 e. The third-order valence-corrected chi connectivity index (χ3v) is 3.92. The maximum atomic E-state index is 11.9. The molecule has 0 aromatic heterocycles. The first-order chi connectivity index (χ1) is 10.2. The van der Waals surface area contributed by atoms with Gasteiger partial charge in [0.25, 0.3) is 0 Å². The van der Waals surface area contributed by atoms with E-state index >= 15 is 0 Å². The molecule has 0 fully saturated rings. The van der Waals surface area contributed by atoms with E-state index in [9.17, 15) is 4.79 Å². The Morgan fingerprint density at radius 3 is 2.90 bits per heavy atom. The minimum Gasteiger partial charge on any atom is -0.479 e. The number of carbonyl (C=O) groups excluding carboxylic acids is 1. The summed E-state index contributed by atoms with van der Waals surface area (Å²) in [7, 11) is 1.99. The molecule has 2 rings (SSSR count). The molecule has 4 nitrogen and oxygen atoms in total. The zero-order valence-electron chi connectivity index (χ0n) is 13.1.